The van der Waals surface area contributed by atoms with Crippen LogP contribution in [-0.4, -0.2) is 6.54 Å². The van der Waals surface area contributed by atoms with Crippen molar-refractivity contribution < 1.29 is 0 Å². The van der Waals surface area contributed by atoms with E-state index < -0.39 is 0 Å². The Morgan fingerprint density at radius 1 is 1.00 bits per heavy atom. The molecule has 0 bridgehead atoms. The maximum absolute atomic E-state index is 6.00. The lowest BCUT2D eigenvalue weighted by atomic mass is 10.0. The largest absolute Gasteiger partial charge is 0.397 e. The Morgan fingerprint density at radius 3 is 2.41 bits per heavy atom. The third kappa shape index (κ3) is 3.00. The highest BCUT2D eigenvalue weighted by molar-refractivity contribution is 5.67. The molecule has 2 heteroatoms. The Labute approximate surface area is 102 Å². The van der Waals surface area contributed by atoms with Crippen LogP contribution in [0.5, 0.6) is 0 Å². The second-order valence-corrected chi connectivity index (χ2v) is 4.11. The molecule has 0 unspecified atom stereocenters. The van der Waals surface area contributed by atoms with Crippen molar-refractivity contribution in [1.82, 2.24) is 0 Å². The molecule has 2 rings (SSSR count). The van der Waals surface area contributed by atoms with Crippen LogP contribution in [0.4, 0.5) is 11.4 Å². The Bertz CT molecular complexity index is 478. The van der Waals surface area contributed by atoms with Gasteiger partial charge in [0.25, 0.3) is 0 Å². The number of hydrogen-bond acceptors (Lipinski definition) is 2. The molecule has 0 saturated heterocycles. The molecule has 0 atom stereocenters. The lowest BCUT2D eigenvalue weighted by Crippen LogP contribution is -2.01. The van der Waals surface area contributed by atoms with Gasteiger partial charge < -0.3 is 11.1 Å². The summed E-state index contributed by atoms with van der Waals surface area (Å²) >= 11 is 0. The van der Waals surface area contributed by atoms with Gasteiger partial charge in [-0.2, -0.15) is 0 Å². The van der Waals surface area contributed by atoms with Crippen molar-refractivity contribution in [3.63, 3.8) is 0 Å². The predicted molar refractivity (Wildman–Crippen MR) is 74.3 cm³/mol. The molecule has 2 nitrogen and oxygen atoms in total. The fourth-order valence-corrected chi connectivity index (χ4v) is 1.91. The van der Waals surface area contributed by atoms with E-state index in [0.29, 0.717) is 0 Å². The Kier molecular flexibility index (Phi) is 3.66. The van der Waals surface area contributed by atoms with Crippen molar-refractivity contribution in [3.8, 4) is 0 Å². The van der Waals surface area contributed by atoms with Crippen LogP contribution in [-0.2, 0) is 6.42 Å². The zero-order valence-corrected chi connectivity index (χ0v) is 10.1. The molecule has 3 N–H and O–H groups in total. The lowest BCUT2D eigenvalue weighted by molar-refractivity contribution is 1.18. The molecule has 17 heavy (non-hydrogen) atoms. The number of hydrogen-bond donors (Lipinski definition) is 2. The highest BCUT2D eigenvalue weighted by atomic mass is 14.9. The molecular formula is C15H18N2. The fraction of sp³-hybridized carbons (Fsp3) is 0.200. The van der Waals surface area contributed by atoms with E-state index in [0.717, 1.165) is 24.3 Å². The van der Waals surface area contributed by atoms with Crippen molar-refractivity contribution in [1.29, 1.82) is 0 Å². The van der Waals surface area contributed by atoms with Crippen LogP contribution in [0.1, 0.15) is 18.1 Å². The van der Waals surface area contributed by atoms with Crippen LogP contribution >= 0.6 is 0 Å². The number of nitrogens with two attached hydrogens (primary N) is 1. The molecule has 0 fully saturated rings. The van der Waals surface area contributed by atoms with E-state index >= 15 is 0 Å². The van der Waals surface area contributed by atoms with Gasteiger partial charge >= 0.3 is 0 Å². The summed E-state index contributed by atoms with van der Waals surface area (Å²) in [5, 5.41) is 3.24. The Hall–Kier alpha value is -1.96. The van der Waals surface area contributed by atoms with Crippen LogP contribution in [0.2, 0.25) is 0 Å². The van der Waals surface area contributed by atoms with Gasteiger partial charge in [0.2, 0.25) is 0 Å². The minimum Gasteiger partial charge on any atom is -0.397 e. The number of nitrogen functional groups attached to an aromatic ring is 1. The van der Waals surface area contributed by atoms with E-state index in [1.807, 2.05) is 12.1 Å². The van der Waals surface area contributed by atoms with Gasteiger partial charge in [0.1, 0.15) is 0 Å². The summed E-state index contributed by atoms with van der Waals surface area (Å²) in [6, 6.07) is 16.6. The summed E-state index contributed by atoms with van der Waals surface area (Å²) in [7, 11) is 0. The lowest BCUT2D eigenvalue weighted by Gasteiger charge is -2.09. The van der Waals surface area contributed by atoms with Gasteiger partial charge in [0.05, 0.1) is 11.4 Å². The second-order valence-electron chi connectivity index (χ2n) is 4.11. The Balaban J connectivity index is 2.15. The zero-order chi connectivity index (χ0) is 12.1. The molecule has 2 aromatic rings. The highest BCUT2D eigenvalue weighted by Crippen LogP contribution is 2.21. The first-order valence-corrected chi connectivity index (χ1v) is 5.96. The van der Waals surface area contributed by atoms with E-state index in [9.17, 15) is 0 Å². The normalized spacial score (nSPS) is 10.2. The number of nitrogens with one attached hydrogen (secondary N) is 1. The molecule has 0 aliphatic heterocycles. The summed E-state index contributed by atoms with van der Waals surface area (Å²) < 4.78 is 0. The van der Waals surface area contributed by atoms with Crippen LogP contribution in [0.25, 0.3) is 0 Å². The molecule has 0 heterocycles. The summed E-state index contributed by atoms with van der Waals surface area (Å²) in [5.74, 6) is 0. The van der Waals surface area contributed by atoms with Gasteiger partial charge in [-0.15, -0.1) is 0 Å². The molecule has 0 aliphatic rings. The van der Waals surface area contributed by atoms with Crippen LogP contribution in [0, 0.1) is 0 Å². The van der Waals surface area contributed by atoms with E-state index in [1.54, 1.807) is 0 Å². The second kappa shape index (κ2) is 5.39. The van der Waals surface area contributed by atoms with Gasteiger partial charge in [0.15, 0.2) is 0 Å². The molecule has 0 saturated carbocycles. The topological polar surface area (TPSA) is 38.0 Å². The number of rotatable bonds is 4. The van der Waals surface area contributed by atoms with E-state index in [1.165, 1.54) is 11.1 Å². The van der Waals surface area contributed by atoms with Crippen molar-refractivity contribution in [2.45, 2.75) is 13.3 Å². The highest BCUT2D eigenvalue weighted by Gasteiger charge is 2.00. The molecule has 88 valence electrons. The smallest absolute Gasteiger partial charge is 0.0574 e. The maximum Gasteiger partial charge on any atom is 0.0574 e. The van der Waals surface area contributed by atoms with Gasteiger partial charge in [-0.3, -0.25) is 0 Å². The SMILES string of the molecule is CCNc1ccc(Cc2ccccc2)cc1N. The molecule has 0 aliphatic carbocycles. The third-order valence-electron chi connectivity index (χ3n) is 2.73. The van der Waals surface area contributed by atoms with Crippen molar-refractivity contribution in [2.24, 2.45) is 0 Å². The van der Waals surface area contributed by atoms with Crippen molar-refractivity contribution in [2.75, 3.05) is 17.6 Å². The number of anilines is 2. The minimum absolute atomic E-state index is 0.820. The molecule has 2 aromatic carbocycles. The summed E-state index contributed by atoms with van der Waals surface area (Å²) in [5.41, 5.74) is 10.4. The van der Waals surface area contributed by atoms with Gasteiger partial charge in [0, 0.05) is 6.54 Å². The fourth-order valence-electron chi connectivity index (χ4n) is 1.91. The molecule has 0 amide bonds. The monoisotopic (exact) mass is 226 g/mol. The van der Waals surface area contributed by atoms with E-state index in [2.05, 4.69) is 48.6 Å². The average Bonchev–Trinajstić information content (AvgIpc) is 2.34. The summed E-state index contributed by atoms with van der Waals surface area (Å²) in [6.45, 7) is 2.96. The predicted octanol–water partition coefficient (Wildman–Crippen LogP) is 3.29. The van der Waals surface area contributed by atoms with Crippen molar-refractivity contribution in [3.05, 3.63) is 59.7 Å². The molecule has 0 spiro atoms. The third-order valence-corrected chi connectivity index (χ3v) is 2.73. The quantitative estimate of drug-likeness (QED) is 0.785. The van der Waals surface area contributed by atoms with Crippen molar-refractivity contribution >= 4 is 11.4 Å². The molecule has 0 aromatic heterocycles. The zero-order valence-electron chi connectivity index (χ0n) is 10.1. The van der Waals surface area contributed by atoms with Crippen LogP contribution in [0.3, 0.4) is 0 Å². The van der Waals surface area contributed by atoms with Gasteiger partial charge in [-0.25, -0.2) is 0 Å². The minimum atomic E-state index is 0.820. The maximum atomic E-state index is 6.00. The van der Waals surface area contributed by atoms with E-state index in [4.69, 9.17) is 5.73 Å². The summed E-state index contributed by atoms with van der Waals surface area (Å²) in [4.78, 5) is 0. The van der Waals surface area contributed by atoms with Gasteiger partial charge in [-0.1, -0.05) is 36.4 Å². The molecular weight excluding hydrogens is 208 g/mol. The van der Waals surface area contributed by atoms with Crippen LogP contribution in [0.15, 0.2) is 48.5 Å². The first kappa shape index (κ1) is 11.5. The number of benzene rings is 2. The first-order valence-electron chi connectivity index (χ1n) is 5.96. The van der Waals surface area contributed by atoms with E-state index in [-0.39, 0.29) is 0 Å². The average molecular weight is 226 g/mol. The molecule has 0 radical (unpaired) electrons. The standard InChI is InChI=1S/C15H18N2/c1-2-17-15-9-8-13(11-14(15)16)10-12-6-4-3-5-7-12/h3-9,11,17H,2,10,16H2,1H3. The first-order chi connectivity index (χ1) is 8.29. The van der Waals surface area contributed by atoms with Crippen LogP contribution < -0.4 is 11.1 Å². The summed E-state index contributed by atoms with van der Waals surface area (Å²) in [6.07, 6.45) is 0.928. The Morgan fingerprint density at radius 2 is 1.76 bits per heavy atom. The van der Waals surface area contributed by atoms with Gasteiger partial charge in [-0.05, 0) is 36.6 Å².